The van der Waals surface area contributed by atoms with Crippen molar-refractivity contribution in [3.8, 4) is 0 Å². The van der Waals surface area contributed by atoms with Crippen LogP contribution in [0.2, 0.25) is 0 Å². The average Bonchev–Trinajstić information content (AvgIpc) is 3.11. The Kier molecular flexibility index (Phi) is 3.56. The van der Waals surface area contributed by atoms with Gasteiger partial charge in [-0.25, -0.2) is 4.98 Å². The molecule has 3 rings (SSSR count). The van der Waals surface area contributed by atoms with E-state index in [1.807, 2.05) is 35.7 Å². The number of thiazole rings is 1. The molecule has 0 bridgehead atoms. The van der Waals surface area contributed by atoms with Crippen LogP contribution in [0.25, 0.3) is 0 Å². The van der Waals surface area contributed by atoms with E-state index in [0.717, 1.165) is 41.5 Å². The molecule has 0 unspecified atom stereocenters. The highest BCUT2D eigenvalue weighted by Crippen LogP contribution is 2.25. The van der Waals surface area contributed by atoms with Crippen LogP contribution in [-0.2, 0) is 6.54 Å². The molecular weight excluding hydrogens is 272 g/mol. The van der Waals surface area contributed by atoms with Crippen LogP contribution >= 0.6 is 11.3 Å². The molecule has 1 amide bonds. The van der Waals surface area contributed by atoms with Crippen LogP contribution in [0.15, 0.2) is 18.5 Å². The topological polar surface area (TPSA) is 51.0 Å². The van der Waals surface area contributed by atoms with Gasteiger partial charge in [0.25, 0.3) is 5.91 Å². The molecule has 0 radical (unpaired) electrons. The van der Waals surface area contributed by atoms with Gasteiger partial charge in [0.05, 0.1) is 23.3 Å². The van der Waals surface area contributed by atoms with Crippen molar-refractivity contribution in [3.63, 3.8) is 0 Å². The first-order chi connectivity index (χ1) is 9.65. The first-order valence-electron chi connectivity index (χ1n) is 6.87. The number of rotatable bonds is 3. The Balaban J connectivity index is 1.78. The summed E-state index contributed by atoms with van der Waals surface area (Å²) in [7, 11) is 0. The van der Waals surface area contributed by atoms with Gasteiger partial charge >= 0.3 is 0 Å². The van der Waals surface area contributed by atoms with Gasteiger partial charge in [0.2, 0.25) is 0 Å². The van der Waals surface area contributed by atoms with Crippen molar-refractivity contribution in [1.29, 1.82) is 0 Å². The second-order valence-corrected chi connectivity index (χ2v) is 6.37. The van der Waals surface area contributed by atoms with Crippen LogP contribution in [0.5, 0.6) is 0 Å². The van der Waals surface area contributed by atoms with Gasteiger partial charge in [0.15, 0.2) is 0 Å². The van der Waals surface area contributed by atoms with E-state index in [0.29, 0.717) is 0 Å². The van der Waals surface area contributed by atoms with Crippen LogP contribution in [-0.4, -0.2) is 38.2 Å². The molecular formula is C14H18N4OS. The molecule has 1 fully saturated rings. The summed E-state index contributed by atoms with van der Waals surface area (Å²) >= 11 is 1.49. The molecule has 1 aliphatic heterocycles. The predicted molar refractivity (Wildman–Crippen MR) is 77.9 cm³/mol. The monoisotopic (exact) mass is 290 g/mol. The summed E-state index contributed by atoms with van der Waals surface area (Å²) in [5.74, 6) is 0.128. The van der Waals surface area contributed by atoms with Crippen molar-refractivity contribution < 1.29 is 4.79 Å². The lowest BCUT2D eigenvalue weighted by Crippen LogP contribution is -2.38. The lowest BCUT2D eigenvalue weighted by atomic mass is 10.2. The van der Waals surface area contributed by atoms with Gasteiger partial charge in [-0.15, -0.1) is 11.3 Å². The van der Waals surface area contributed by atoms with E-state index in [-0.39, 0.29) is 11.9 Å². The minimum absolute atomic E-state index is 0.128. The van der Waals surface area contributed by atoms with E-state index in [1.165, 1.54) is 11.3 Å². The number of carbonyl (C=O) groups is 1. The fourth-order valence-corrected chi connectivity index (χ4v) is 3.65. The largest absolute Gasteiger partial charge is 0.333 e. The smallest absolute Gasteiger partial charge is 0.266 e. The minimum Gasteiger partial charge on any atom is -0.333 e. The fraction of sp³-hybridized carbons (Fsp3) is 0.500. The molecule has 1 saturated heterocycles. The number of hydrogen-bond donors (Lipinski definition) is 0. The number of aromatic nitrogens is 3. The highest BCUT2D eigenvalue weighted by atomic mass is 32.1. The maximum Gasteiger partial charge on any atom is 0.266 e. The quantitative estimate of drug-likeness (QED) is 0.871. The molecule has 0 aromatic carbocycles. The van der Waals surface area contributed by atoms with Gasteiger partial charge < -0.3 is 4.90 Å². The predicted octanol–water partition coefficient (Wildman–Crippen LogP) is 2.26. The normalized spacial score (nSPS) is 18.7. The summed E-state index contributed by atoms with van der Waals surface area (Å²) in [5.41, 5.74) is 0.849. The fourth-order valence-electron chi connectivity index (χ4n) is 2.78. The van der Waals surface area contributed by atoms with E-state index in [1.54, 1.807) is 6.20 Å². The van der Waals surface area contributed by atoms with E-state index < -0.39 is 0 Å². The Bertz CT molecular complexity index is 605. The lowest BCUT2D eigenvalue weighted by molar-refractivity contribution is 0.0725. The van der Waals surface area contributed by atoms with E-state index >= 15 is 0 Å². The van der Waals surface area contributed by atoms with E-state index in [9.17, 15) is 4.79 Å². The molecule has 2 aromatic rings. The minimum atomic E-state index is 0.128. The molecule has 3 heterocycles. The summed E-state index contributed by atoms with van der Waals surface area (Å²) in [6, 6.07) is 2.15. The average molecular weight is 290 g/mol. The first-order valence-corrected chi connectivity index (χ1v) is 7.69. The van der Waals surface area contributed by atoms with Crippen LogP contribution in [0, 0.1) is 13.8 Å². The summed E-state index contributed by atoms with van der Waals surface area (Å²) in [6.07, 6.45) is 5.83. The molecule has 0 N–H and O–H groups in total. The maximum atomic E-state index is 12.7. The summed E-state index contributed by atoms with van der Waals surface area (Å²) in [5, 5.41) is 5.19. The van der Waals surface area contributed by atoms with Gasteiger partial charge in [0.1, 0.15) is 4.88 Å². The zero-order valence-corrected chi connectivity index (χ0v) is 12.6. The summed E-state index contributed by atoms with van der Waals surface area (Å²) in [6.45, 7) is 5.46. The van der Waals surface area contributed by atoms with Crippen molar-refractivity contribution >= 4 is 17.2 Å². The third-order valence-electron chi connectivity index (χ3n) is 3.69. The summed E-state index contributed by atoms with van der Waals surface area (Å²) in [4.78, 5) is 19.8. The zero-order valence-electron chi connectivity index (χ0n) is 11.7. The van der Waals surface area contributed by atoms with Crippen molar-refractivity contribution in [2.45, 2.75) is 39.3 Å². The molecule has 20 heavy (non-hydrogen) atoms. The molecule has 0 spiro atoms. The molecule has 5 nitrogen and oxygen atoms in total. The Hall–Kier alpha value is -1.69. The van der Waals surface area contributed by atoms with Crippen molar-refractivity contribution in [2.75, 3.05) is 6.54 Å². The van der Waals surface area contributed by atoms with E-state index in [4.69, 9.17) is 0 Å². The van der Waals surface area contributed by atoms with Gasteiger partial charge in [-0.3, -0.25) is 9.48 Å². The molecule has 1 aliphatic rings. The number of hydrogen-bond acceptors (Lipinski definition) is 4. The second-order valence-electron chi connectivity index (χ2n) is 5.17. The van der Waals surface area contributed by atoms with Crippen LogP contribution < -0.4 is 0 Å². The number of carbonyl (C=O) groups excluding carboxylic acids is 1. The molecule has 1 atom stereocenters. The van der Waals surface area contributed by atoms with Crippen molar-refractivity contribution in [1.82, 2.24) is 19.7 Å². The Morgan fingerprint density at radius 1 is 1.50 bits per heavy atom. The van der Waals surface area contributed by atoms with Crippen molar-refractivity contribution in [3.05, 3.63) is 34.0 Å². The number of amides is 1. The van der Waals surface area contributed by atoms with Crippen LogP contribution in [0.3, 0.4) is 0 Å². The molecule has 2 aromatic heterocycles. The Morgan fingerprint density at radius 2 is 2.35 bits per heavy atom. The maximum absolute atomic E-state index is 12.7. The number of likely N-dealkylation sites (tertiary alicyclic amines) is 1. The number of nitrogens with zero attached hydrogens (tertiary/aromatic N) is 4. The van der Waals surface area contributed by atoms with Crippen LogP contribution in [0.1, 0.15) is 33.2 Å². The summed E-state index contributed by atoms with van der Waals surface area (Å²) < 4.78 is 1.90. The standard InChI is InChI=1S/C14H18N4OS/c1-10-13(20-11(2)16-10)14(19)18-8-3-5-12(18)9-17-7-4-6-15-17/h4,6-7,12H,3,5,8-9H2,1-2H3/t12-/m1/s1. The molecule has 0 saturated carbocycles. The Labute approximate surface area is 122 Å². The van der Waals surface area contributed by atoms with Gasteiger partial charge in [-0.1, -0.05) is 0 Å². The van der Waals surface area contributed by atoms with Crippen molar-refractivity contribution in [2.24, 2.45) is 0 Å². The highest BCUT2D eigenvalue weighted by Gasteiger charge is 2.31. The first kappa shape index (κ1) is 13.3. The van der Waals surface area contributed by atoms with Gasteiger partial charge in [-0.2, -0.15) is 5.10 Å². The van der Waals surface area contributed by atoms with Gasteiger partial charge in [0, 0.05) is 18.9 Å². The molecule has 0 aliphatic carbocycles. The van der Waals surface area contributed by atoms with Gasteiger partial charge in [-0.05, 0) is 32.8 Å². The van der Waals surface area contributed by atoms with E-state index in [2.05, 4.69) is 10.1 Å². The Morgan fingerprint density at radius 3 is 3.00 bits per heavy atom. The molecule has 6 heteroatoms. The molecule has 106 valence electrons. The number of aryl methyl sites for hydroxylation is 2. The van der Waals surface area contributed by atoms with Crippen LogP contribution in [0.4, 0.5) is 0 Å². The second kappa shape index (κ2) is 5.36. The highest BCUT2D eigenvalue weighted by molar-refractivity contribution is 7.13. The third kappa shape index (κ3) is 2.47. The lowest BCUT2D eigenvalue weighted by Gasteiger charge is -2.24. The third-order valence-corrected chi connectivity index (χ3v) is 4.75. The SMILES string of the molecule is Cc1nc(C)c(C(=O)N2CCC[C@@H]2Cn2cccn2)s1. The zero-order chi connectivity index (χ0) is 14.1.